The fourth-order valence-corrected chi connectivity index (χ4v) is 2.41. The maximum atomic E-state index is 11.3. The van der Waals surface area contributed by atoms with Gasteiger partial charge < -0.3 is 15.3 Å². The molecule has 2 rings (SSSR count). The van der Waals surface area contributed by atoms with Gasteiger partial charge in [0.05, 0.1) is 12.1 Å². The van der Waals surface area contributed by atoms with Crippen LogP contribution < -0.4 is 5.73 Å². The number of amides is 1. The molecule has 1 fully saturated rings. The number of carboxylic acids is 1. The first-order valence-corrected chi connectivity index (χ1v) is 5.89. The zero-order valence-corrected chi connectivity index (χ0v) is 10.1. The number of likely N-dealkylation sites (tertiary alicyclic amines) is 1. The molecule has 1 amide bonds. The lowest BCUT2D eigenvalue weighted by molar-refractivity contribution is -0.123. The van der Waals surface area contributed by atoms with Crippen LogP contribution in [0.25, 0.3) is 0 Å². The van der Waals surface area contributed by atoms with Gasteiger partial charge in [-0.05, 0) is 38.4 Å². The second-order valence-corrected chi connectivity index (χ2v) is 4.48. The summed E-state index contributed by atoms with van der Waals surface area (Å²) in [4.78, 5) is 24.0. The summed E-state index contributed by atoms with van der Waals surface area (Å²) in [5, 5.41) is 8.80. The molecule has 0 saturated carbocycles. The van der Waals surface area contributed by atoms with Crippen molar-refractivity contribution in [2.24, 2.45) is 5.73 Å². The molecular formula is C12H16N2O4. The standard InChI is InChI=1S/C12H16N2O4/c1-7(9-4-5-10(18-9)12(16)17)14-6-2-3-8(14)11(13)15/h4-5,7-8H,2-3,6H2,1H3,(H2,13,15)(H,16,17). The van der Waals surface area contributed by atoms with Crippen LogP contribution >= 0.6 is 0 Å². The van der Waals surface area contributed by atoms with Crippen molar-refractivity contribution in [2.45, 2.75) is 31.8 Å². The summed E-state index contributed by atoms with van der Waals surface area (Å²) in [7, 11) is 0. The molecule has 6 nitrogen and oxygen atoms in total. The summed E-state index contributed by atoms with van der Waals surface area (Å²) in [6, 6.07) is 2.60. The predicted octanol–water partition coefficient (Wildman–Crippen LogP) is 0.988. The monoisotopic (exact) mass is 252 g/mol. The molecule has 1 saturated heterocycles. The van der Waals surface area contributed by atoms with Crippen LogP contribution in [0.15, 0.2) is 16.5 Å². The lowest BCUT2D eigenvalue weighted by atomic mass is 10.1. The summed E-state index contributed by atoms with van der Waals surface area (Å²) in [5.74, 6) is -0.988. The lowest BCUT2D eigenvalue weighted by Gasteiger charge is -2.27. The lowest BCUT2D eigenvalue weighted by Crippen LogP contribution is -2.41. The normalized spacial score (nSPS) is 21.9. The number of nitrogens with two attached hydrogens (primary N) is 1. The predicted molar refractivity (Wildman–Crippen MR) is 63.0 cm³/mol. The van der Waals surface area contributed by atoms with E-state index in [1.54, 1.807) is 6.07 Å². The third-order valence-corrected chi connectivity index (χ3v) is 3.37. The molecule has 98 valence electrons. The van der Waals surface area contributed by atoms with Gasteiger partial charge in [0.25, 0.3) is 0 Å². The molecule has 0 bridgehead atoms. The van der Waals surface area contributed by atoms with E-state index in [2.05, 4.69) is 0 Å². The van der Waals surface area contributed by atoms with Crippen molar-refractivity contribution in [3.63, 3.8) is 0 Å². The number of nitrogens with zero attached hydrogens (tertiary/aromatic N) is 1. The van der Waals surface area contributed by atoms with Crippen LogP contribution in [0, 0.1) is 0 Å². The number of primary amides is 1. The first-order chi connectivity index (χ1) is 8.50. The molecule has 0 aromatic carbocycles. The molecule has 2 unspecified atom stereocenters. The summed E-state index contributed by atoms with van der Waals surface area (Å²) < 4.78 is 5.25. The zero-order chi connectivity index (χ0) is 13.3. The number of carbonyl (C=O) groups excluding carboxylic acids is 1. The van der Waals surface area contributed by atoms with E-state index in [4.69, 9.17) is 15.3 Å². The number of carbonyl (C=O) groups is 2. The van der Waals surface area contributed by atoms with Crippen LogP contribution in [0.5, 0.6) is 0 Å². The van der Waals surface area contributed by atoms with Crippen LogP contribution in [0.2, 0.25) is 0 Å². The van der Waals surface area contributed by atoms with E-state index in [0.29, 0.717) is 5.76 Å². The first kappa shape index (κ1) is 12.6. The van der Waals surface area contributed by atoms with Gasteiger partial charge in [-0.15, -0.1) is 0 Å². The molecule has 3 N–H and O–H groups in total. The molecule has 1 aromatic rings. The van der Waals surface area contributed by atoms with Gasteiger partial charge in [-0.1, -0.05) is 0 Å². The maximum Gasteiger partial charge on any atom is 0.371 e. The highest BCUT2D eigenvalue weighted by molar-refractivity contribution is 5.84. The van der Waals surface area contributed by atoms with Crippen molar-refractivity contribution in [3.05, 3.63) is 23.7 Å². The highest BCUT2D eigenvalue weighted by atomic mass is 16.4. The van der Waals surface area contributed by atoms with Crippen LogP contribution in [0.4, 0.5) is 0 Å². The van der Waals surface area contributed by atoms with Crippen LogP contribution in [-0.4, -0.2) is 34.5 Å². The van der Waals surface area contributed by atoms with E-state index < -0.39 is 5.97 Å². The number of aromatic carboxylic acids is 1. The molecule has 0 aliphatic carbocycles. The van der Waals surface area contributed by atoms with Crippen molar-refractivity contribution < 1.29 is 19.1 Å². The highest BCUT2D eigenvalue weighted by Gasteiger charge is 2.34. The number of hydrogen-bond acceptors (Lipinski definition) is 4. The Morgan fingerprint density at radius 3 is 2.83 bits per heavy atom. The van der Waals surface area contributed by atoms with Gasteiger partial charge in [-0.3, -0.25) is 9.69 Å². The molecule has 0 spiro atoms. The van der Waals surface area contributed by atoms with Gasteiger partial charge in [0, 0.05) is 0 Å². The number of rotatable bonds is 4. The Balaban J connectivity index is 2.17. The van der Waals surface area contributed by atoms with E-state index in [1.165, 1.54) is 6.07 Å². The largest absolute Gasteiger partial charge is 0.475 e. The maximum absolute atomic E-state index is 11.3. The molecule has 1 aromatic heterocycles. The molecular weight excluding hydrogens is 236 g/mol. The van der Waals surface area contributed by atoms with Crippen molar-refractivity contribution in [1.82, 2.24) is 4.90 Å². The Kier molecular flexibility index (Phi) is 3.38. The molecule has 18 heavy (non-hydrogen) atoms. The average Bonchev–Trinajstić information content (AvgIpc) is 2.97. The summed E-state index contributed by atoms with van der Waals surface area (Å²) in [5.41, 5.74) is 5.35. The molecule has 0 radical (unpaired) electrons. The van der Waals surface area contributed by atoms with Gasteiger partial charge in [-0.25, -0.2) is 4.79 Å². The molecule has 1 aliphatic rings. The van der Waals surface area contributed by atoms with Crippen molar-refractivity contribution in [1.29, 1.82) is 0 Å². The van der Waals surface area contributed by atoms with Crippen molar-refractivity contribution in [2.75, 3.05) is 6.54 Å². The second kappa shape index (κ2) is 4.81. The summed E-state index contributed by atoms with van der Waals surface area (Å²) in [6.45, 7) is 2.64. The zero-order valence-electron chi connectivity index (χ0n) is 10.1. The average molecular weight is 252 g/mol. The SMILES string of the molecule is CC(c1ccc(C(=O)O)o1)N1CCCC1C(N)=O. The van der Waals surface area contributed by atoms with Gasteiger partial charge >= 0.3 is 5.97 Å². The van der Waals surface area contributed by atoms with Gasteiger partial charge in [-0.2, -0.15) is 0 Å². The Bertz CT molecular complexity index is 468. The first-order valence-electron chi connectivity index (χ1n) is 5.89. The van der Waals surface area contributed by atoms with Crippen molar-refractivity contribution >= 4 is 11.9 Å². The van der Waals surface area contributed by atoms with Crippen LogP contribution in [0.3, 0.4) is 0 Å². The van der Waals surface area contributed by atoms with Gasteiger partial charge in [0.15, 0.2) is 0 Å². The van der Waals surface area contributed by atoms with E-state index >= 15 is 0 Å². The molecule has 6 heteroatoms. The van der Waals surface area contributed by atoms with E-state index in [-0.39, 0.29) is 23.8 Å². The van der Waals surface area contributed by atoms with E-state index in [9.17, 15) is 9.59 Å². The summed E-state index contributed by atoms with van der Waals surface area (Å²) in [6.07, 6.45) is 1.65. The molecule has 1 aliphatic heterocycles. The molecule has 2 atom stereocenters. The van der Waals surface area contributed by atoms with E-state index in [1.807, 2.05) is 11.8 Å². The Labute approximate surface area is 104 Å². The fourth-order valence-electron chi connectivity index (χ4n) is 2.41. The third-order valence-electron chi connectivity index (χ3n) is 3.37. The minimum absolute atomic E-state index is 0.0910. The highest BCUT2D eigenvalue weighted by Crippen LogP contribution is 2.29. The third kappa shape index (κ3) is 2.24. The second-order valence-electron chi connectivity index (χ2n) is 4.48. The number of furan rings is 1. The Hall–Kier alpha value is -1.82. The smallest absolute Gasteiger partial charge is 0.371 e. The van der Waals surface area contributed by atoms with Crippen LogP contribution in [-0.2, 0) is 4.79 Å². The number of carboxylic acid groups (broad SMARTS) is 1. The van der Waals surface area contributed by atoms with Crippen molar-refractivity contribution in [3.8, 4) is 0 Å². The Morgan fingerprint density at radius 1 is 1.56 bits per heavy atom. The summed E-state index contributed by atoms with van der Waals surface area (Å²) >= 11 is 0. The molecule has 2 heterocycles. The topological polar surface area (TPSA) is 96.8 Å². The fraction of sp³-hybridized carbons (Fsp3) is 0.500. The quantitative estimate of drug-likeness (QED) is 0.832. The van der Waals surface area contributed by atoms with Crippen LogP contribution in [0.1, 0.15) is 42.1 Å². The Morgan fingerprint density at radius 2 is 2.28 bits per heavy atom. The van der Waals surface area contributed by atoms with Gasteiger partial charge in [0.2, 0.25) is 11.7 Å². The minimum atomic E-state index is -1.10. The van der Waals surface area contributed by atoms with Gasteiger partial charge in [0.1, 0.15) is 5.76 Å². The minimum Gasteiger partial charge on any atom is -0.475 e. The van der Waals surface area contributed by atoms with E-state index in [0.717, 1.165) is 19.4 Å². The number of hydrogen-bond donors (Lipinski definition) is 2.